The van der Waals surface area contributed by atoms with Gasteiger partial charge in [0.1, 0.15) is 0 Å². The SMILES string of the molecule is COc1cc(/C=C2/SC(=Nc3ccc(C)cc3)N(c3ccc(C)cc3)C2=O)c([N+](=O)[O-])cc1OC. The van der Waals surface area contributed by atoms with Gasteiger partial charge in [-0.2, -0.15) is 0 Å². The van der Waals surface area contributed by atoms with Crippen LogP contribution in [0.1, 0.15) is 16.7 Å². The maximum absolute atomic E-state index is 13.5. The molecule has 178 valence electrons. The van der Waals surface area contributed by atoms with Gasteiger partial charge in [0.2, 0.25) is 0 Å². The van der Waals surface area contributed by atoms with Gasteiger partial charge >= 0.3 is 0 Å². The molecule has 0 spiro atoms. The van der Waals surface area contributed by atoms with Crippen molar-refractivity contribution in [3.8, 4) is 11.5 Å². The van der Waals surface area contributed by atoms with Crippen molar-refractivity contribution >= 4 is 46.0 Å². The summed E-state index contributed by atoms with van der Waals surface area (Å²) in [5.41, 5.74) is 3.53. The lowest BCUT2D eigenvalue weighted by molar-refractivity contribution is -0.385. The van der Waals surface area contributed by atoms with Crippen molar-refractivity contribution in [2.24, 2.45) is 4.99 Å². The van der Waals surface area contributed by atoms with E-state index in [0.717, 1.165) is 22.9 Å². The van der Waals surface area contributed by atoms with Crippen molar-refractivity contribution < 1.29 is 19.2 Å². The van der Waals surface area contributed by atoms with Crippen LogP contribution in [0, 0.1) is 24.0 Å². The van der Waals surface area contributed by atoms with Gasteiger partial charge in [0.05, 0.1) is 47.1 Å². The van der Waals surface area contributed by atoms with Crippen molar-refractivity contribution in [2.45, 2.75) is 13.8 Å². The molecule has 0 radical (unpaired) electrons. The molecule has 0 bridgehead atoms. The molecule has 35 heavy (non-hydrogen) atoms. The number of hydrogen-bond acceptors (Lipinski definition) is 7. The Morgan fingerprint density at radius 2 is 1.51 bits per heavy atom. The van der Waals surface area contributed by atoms with Gasteiger partial charge in [-0.15, -0.1) is 0 Å². The summed E-state index contributed by atoms with van der Waals surface area (Å²) in [4.78, 5) is 31.3. The van der Waals surface area contributed by atoms with Gasteiger partial charge in [-0.05, 0) is 62.0 Å². The van der Waals surface area contributed by atoms with Gasteiger partial charge < -0.3 is 9.47 Å². The number of aryl methyl sites for hydroxylation is 2. The summed E-state index contributed by atoms with van der Waals surface area (Å²) in [6, 6.07) is 17.9. The second kappa shape index (κ2) is 10.0. The number of aliphatic imine (C=N–C) groups is 1. The molecule has 3 aromatic carbocycles. The number of ether oxygens (including phenoxy) is 2. The van der Waals surface area contributed by atoms with Crippen molar-refractivity contribution in [3.63, 3.8) is 0 Å². The number of methoxy groups -OCH3 is 2. The van der Waals surface area contributed by atoms with E-state index in [1.807, 2.05) is 62.4 Å². The lowest BCUT2D eigenvalue weighted by Crippen LogP contribution is -2.28. The Labute approximate surface area is 207 Å². The fourth-order valence-electron chi connectivity index (χ4n) is 3.50. The normalized spacial score (nSPS) is 15.7. The molecule has 1 heterocycles. The number of rotatable bonds is 6. The molecule has 4 rings (SSSR count). The van der Waals surface area contributed by atoms with Gasteiger partial charge in [0, 0.05) is 0 Å². The molecular weight excluding hydrogens is 466 g/mol. The first-order chi connectivity index (χ1) is 16.8. The molecule has 1 fully saturated rings. The molecule has 8 nitrogen and oxygen atoms in total. The van der Waals surface area contributed by atoms with Crippen molar-refractivity contribution in [2.75, 3.05) is 19.1 Å². The Bertz CT molecular complexity index is 1350. The monoisotopic (exact) mass is 489 g/mol. The smallest absolute Gasteiger partial charge is 0.280 e. The standard InChI is InChI=1S/C26H23N3O5S/c1-16-5-9-19(10-6-16)27-26-28(20-11-7-17(2)8-12-20)25(30)24(35-26)14-18-13-22(33-3)23(34-4)15-21(18)29(31)32/h5-15H,1-4H3/b24-14+,27-26?. The van der Waals surface area contributed by atoms with Crippen LogP contribution in [0.4, 0.5) is 17.1 Å². The number of benzene rings is 3. The van der Waals surface area contributed by atoms with Crippen molar-refractivity contribution in [1.29, 1.82) is 0 Å². The number of anilines is 1. The Morgan fingerprint density at radius 1 is 0.943 bits per heavy atom. The fraction of sp³-hybridized carbons (Fsp3) is 0.154. The van der Waals surface area contributed by atoms with Gasteiger partial charge in [0.25, 0.3) is 11.6 Å². The summed E-state index contributed by atoms with van der Waals surface area (Å²) in [5.74, 6) is 0.229. The largest absolute Gasteiger partial charge is 0.493 e. The van der Waals surface area contributed by atoms with Crippen molar-refractivity contribution in [3.05, 3.63) is 92.4 Å². The van der Waals surface area contributed by atoms with E-state index in [-0.39, 0.29) is 22.9 Å². The zero-order valence-electron chi connectivity index (χ0n) is 19.6. The molecule has 9 heteroatoms. The highest BCUT2D eigenvalue weighted by atomic mass is 32.2. The van der Waals surface area contributed by atoms with Crippen molar-refractivity contribution in [1.82, 2.24) is 0 Å². The number of amides is 1. The van der Waals surface area contributed by atoms with Gasteiger partial charge in [0.15, 0.2) is 16.7 Å². The predicted octanol–water partition coefficient (Wildman–Crippen LogP) is 6.04. The van der Waals surface area contributed by atoms with E-state index in [1.54, 1.807) is 0 Å². The molecule has 0 atom stereocenters. The third kappa shape index (κ3) is 5.04. The quantitative estimate of drug-likeness (QED) is 0.238. The summed E-state index contributed by atoms with van der Waals surface area (Å²) in [7, 11) is 2.85. The average molecular weight is 490 g/mol. The van der Waals surface area contributed by atoms with Crippen LogP contribution < -0.4 is 14.4 Å². The number of nitrogens with zero attached hydrogens (tertiary/aromatic N) is 3. The van der Waals surface area contributed by atoms with E-state index in [9.17, 15) is 14.9 Å². The van der Waals surface area contributed by atoms with E-state index in [2.05, 4.69) is 0 Å². The number of amidine groups is 1. The summed E-state index contributed by atoms with van der Waals surface area (Å²) in [6.07, 6.45) is 1.49. The minimum absolute atomic E-state index is 0.200. The number of thioether (sulfide) groups is 1. The number of carbonyl (C=O) groups is 1. The number of nitro benzene ring substituents is 1. The molecule has 0 N–H and O–H groups in total. The van der Waals surface area contributed by atoms with Crippen LogP contribution in [-0.2, 0) is 4.79 Å². The maximum atomic E-state index is 13.5. The Balaban J connectivity index is 1.83. The first-order valence-electron chi connectivity index (χ1n) is 10.7. The second-order valence-electron chi connectivity index (χ2n) is 7.84. The Morgan fingerprint density at radius 3 is 2.09 bits per heavy atom. The van der Waals surface area contributed by atoms with Crippen LogP contribution >= 0.6 is 11.8 Å². The van der Waals surface area contributed by atoms with Gasteiger partial charge in [-0.25, -0.2) is 4.99 Å². The zero-order chi connectivity index (χ0) is 25.1. The summed E-state index contributed by atoms with van der Waals surface area (Å²) >= 11 is 1.16. The third-order valence-electron chi connectivity index (χ3n) is 5.37. The number of carbonyl (C=O) groups excluding carboxylic acids is 1. The first kappa shape index (κ1) is 24.0. The first-order valence-corrected chi connectivity index (χ1v) is 11.5. The van der Waals surface area contributed by atoms with E-state index < -0.39 is 4.92 Å². The molecule has 0 aromatic heterocycles. The topological polar surface area (TPSA) is 94.3 Å². The lowest BCUT2D eigenvalue weighted by atomic mass is 10.1. The minimum Gasteiger partial charge on any atom is -0.493 e. The van der Waals surface area contributed by atoms with Crippen LogP contribution in [-0.4, -0.2) is 30.2 Å². The van der Waals surface area contributed by atoms with E-state index in [1.165, 1.54) is 37.3 Å². The minimum atomic E-state index is -0.516. The maximum Gasteiger partial charge on any atom is 0.280 e. The summed E-state index contributed by atoms with van der Waals surface area (Å²) in [6.45, 7) is 3.95. The highest BCUT2D eigenvalue weighted by Crippen LogP contribution is 2.40. The molecule has 1 aliphatic rings. The summed E-state index contributed by atoms with van der Waals surface area (Å²) in [5, 5.41) is 12.2. The molecule has 1 saturated heterocycles. The fourth-order valence-corrected chi connectivity index (χ4v) is 4.49. The molecule has 3 aromatic rings. The third-order valence-corrected chi connectivity index (χ3v) is 6.34. The summed E-state index contributed by atoms with van der Waals surface area (Å²) < 4.78 is 10.5. The molecule has 0 aliphatic carbocycles. The molecule has 0 unspecified atom stereocenters. The van der Waals surface area contributed by atoms with E-state index in [4.69, 9.17) is 14.5 Å². The van der Waals surface area contributed by atoms with Crippen LogP contribution in [0.3, 0.4) is 0 Å². The van der Waals surface area contributed by atoms with Crippen LogP contribution in [0.15, 0.2) is 70.6 Å². The number of hydrogen-bond donors (Lipinski definition) is 0. The molecular formula is C26H23N3O5S. The van der Waals surface area contributed by atoms with E-state index >= 15 is 0 Å². The highest BCUT2D eigenvalue weighted by Gasteiger charge is 2.35. The molecule has 1 amide bonds. The zero-order valence-corrected chi connectivity index (χ0v) is 20.5. The molecule has 1 aliphatic heterocycles. The Hall–Kier alpha value is -4.11. The average Bonchev–Trinajstić information content (AvgIpc) is 3.14. The lowest BCUT2D eigenvalue weighted by Gasteiger charge is -2.16. The van der Waals surface area contributed by atoms with Gasteiger partial charge in [-0.1, -0.05) is 35.4 Å². The van der Waals surface area contributed by atoms with Crippen LogP contribution in [0.2, 0.25) is 0 Å². The van der Waals surface area contributed by atoms with Crippen LogP contribution in [0.25, 0.3) is 6.08 Å². The second-order valence-corrected chi connectivity index (χ2v) is 8.85. The van der Waals surface area contributed by atoms with E-state index in [0.29, 0.717) is 27.2 Å². The van der Waals surface area contributed by atoms with Crippen LogP contribution in [0.5, 0.6) is 11.5 Å². The predicted molar refractivity (Wildman–Crippen MR) is 139 cm³/mol. The number of nitro groups is 1. The van der Waals surface area contributed by atoms with Gasteiger partial charge in [-0.3, -0.25) is 19.8 Å². The highest BCUT2D eigenvalue weighted by molar-refractivity contribution is 8.19. The Kier molecular flexibility index (Phi) is 6.88. The molecule has 0 saturated carbocycles.